The molecule has 5 heteroatoms. The molecule has 2 atom stereocenters. The summed E-state index contributed by atoms with van der Waals surface area (Å²) in [4.78, 5) is 12.3. The molecule has 1 aliphatic heterocycles. The molecule has 0 bridgehead atoms. The molecule has 1 aromatic heterocycles. The lowest BCUT2D eigenvalue weighted by Crippen LogP contribution is -2.55. The summed E-state index contributed by atoms with van der Waals surface area (Å²) in [5.74, 6) is 0.327. The van der Waals surface area contributed by atoms with Crippen molar-refractivity contribution < 1.29 is 9.18 Å². The average Bonchev–Trinajstić information content (AvgIpc) is 3.03. The van der Waals surface area contributed by atoms with Gasteiger partial charge in [0.25, 0.3) is 0 Å². The Kier molecular flexibility index (Phi) is 4.57. The van der Waals surface area contributed by atoms with Crippen LogP contribution in [0.4, 0.5) is 4.39 Å². The number of carbonyl (C=O) groups is 1. The standard InChI is InChI=1S/C18H22FN3O/c1-11(2)15-9-17(22-21-15)18(23)8-13-5-3-12(4-6-13)7-16-14(19)10-20-16/h3-6,9,11,14,16,20H,7-8,10H2,1-2H3,(H,21,22)/t14-,16-/m1/s1. The van der Waals surface area contributed by atoms with Gasteiger partial charge < -0.3 is 5.32 Å². The first-order valence-electron chi connectivity index (χ1n) is 8.06. The number of ketones is 1. The predicted octanol–water partition coefficient (Wildman–Crippen LogP) is 2.81. The van der Waals surface area contributed by atoms with Gasteiger partial charge in [-0.25, -0.2) is 4.39 Å². The van der Waals surface area contributed by atoms with E-state index in [0.29, 0.717) is 31.0 Å². The number of aromatic nitrogens is 2. The van der Waals surface area contributed by atoms with Crippen LogP contribution < -0.4 is 5.32 Å². The van der Waals surface area contributed by atoms with Crippen LogP contribution in [-0.2, 0) is 12.8 Å². The molecule has 1 saturated heterocycles. The Labute approximate surface area is 135 Å². The molecular formula is C18H22FN3O. The topological polar surface area (TPSA) is 57.8 Å². The van der Waals surface area contributed by atoms with Crippen molar-refractivity contribution in [3.05, 3.63) is 52.8 Å². The molecule has 0 amide bonds. The van der Waals surface area contributed by atoms with Crippen LogP contribution >= 0.6 is 0 Å². The molecule has 2 aromatic rings. The largest absolute Gasteiger partial charge is 0.308 e. The second kappa shape index (κ2) is 6.62. The molecule has 0 saturated carbocycles. The zero-order chi connectivity index (χ0) is 16.4. The SMILES string of the molecule is CC(C)c1cc(C(=O)Cc2ccc(C[C@H]3NC[C@H]3F)cc2)n[nH]1. The molecule has 1 fully saturated rings. The maximum atomic E-state index is 13.2. The van der Waals surface area contributed by atoms with Gasteiger partial charge in [-0.3, -0.25) is 9.89 Å². The smallest absolute Gasteiger partial charge is 0.187 e. The van der Waals surface area contributed by atoms with Gasteiger partial charge >= 0.3 is 0 Å². The average molecular weight is 315 g/mol. The Hall–Kier alpha value is -2.01. The van der Waals surface area contributed by atoms with Gasteiger partial charge in [0.2, 0.25) is 0 Å². The molecule has 0 unspecified atom stereocenters. The van der Waals surface area contributed by atoms with Gasteiger partial charge in [0, 0.05) is 24.7 Å². The van der Waals surface area contributed by atoms with E-state index in [2.05, 4.69) is 29.4 Å². The Morgan fingerprint density at radius 1 is 1.30 bits per heavy atom. The predicted molar refractivity (Wildman–Crippen MR) is 87.5 cm³/mol. The van der Waals surface area contributed by atoms with Crippen molar-refractivity contribution in [1.29, 1.82) is 0 Å². The summed E-state index contributed by atoms with van der Waals surface area (Å²) >= 11 is 0. The van der Waals surface area contributed by atoms with Crippen LogP contribution in [0.2, 0.25) is 0 Å². The highest BCUT2D eigenvalue weighted by Crippen LogP contribution is 2.17. The fourth-order valence-electron chi connectivity index (χ4n) is 2.67. The number of hydrogen-bond donors (Lipinski definition) is 2. The lowest BCUT2D eigenvalue weighted by Gasteiger charge is -2.32. The number of benzene rings is 1. The minimum atomic E-state index is -0.744. The van der Waals surface area contributed by atoms with Crippen LogP contribution in [0.25, 0.3) is 0 Å². The van der Waals surface area contributed by atoms with Crippen molar-refractivity contribution in [3.63, 3.8) is 0 Å². The Morgan fingerprint density at radius 2 is 2.00 bits per heavy atom. The maximum Gasteiger partial charge on any atom is 0.187 e. The van der Waals surface area contributed by atoms with Gasteiger partial charge in [-0.15, -0.1) is 0 Å². The Balaban J connectivity index is 1.59. The van der Waals surface area contributed by atoms with Gasteiger partial charge in [-0.1, -0.05) is 38.1 Å². The van der Waals surface area contributed by atoms with Gasteiger partial charge in [-0.05, 0) is 29.5 Å². The molecule has 122 valence electrons. The molecule has 23 heavy (non-hydrogen) atoms. The number of carbonyl (C=O) groups excluding carboxylic acids is 1. The summed E-state index contributed by atoms with van der Waals surface area (Å²) in [6, 6.07) is 9.58. The molecular weight excluding hydrogens is 293 g/mol. The molecule has 0 radical (unpaired) electrons. The number of aromatic amines is 1. The monoisotopic (exact) mass is 315 g/mol. The highest BCUT2D eigenvalue weighted by Gasteiger charge is 2.29. The molecule has 1 aromatic carbocycles. The van der Waals surface area contributed by atoms with Crippen LogP contribution in [-0.4, -0.2) is 34.7 Å². The minimum absolute atomic E-state index is 0.00498. The van der Waals surface area contributed by atoms with E-state index < -0.39 is 6.17 Å². The summed E-state index contributed by atoms with van der Waals surface area (Å²) in [7, 11) is 0. The Bertz CT molecular complexity index is 678. The van der Waals surface area contributed by atoms with Gasteiger partial charge in [0.05, 0.1) is 0 Å². The van der Waals surface area contributed by atoms with Crippen molar-refractivity contribution in [1.82, 2.24) is 15.5 Å². The number of nitrogens with zero attached hydrogens (tertiary/aromatic N) is 1. The molecule has 0 spiro atoms. The first-order valence-corrected chi connectivity index (χ1v) is 8.06. The summed E-state index contributed by atoms with van der Waals surface area (Å²) in [5.41, 5.74) is 3.49. The van der Waals surface area contributed by atoms with Crippen LogP contribution in [0.5, 0.6) is 0 Å². The minimum Gasteiger partial charge on any atom is -0.308 e. The second-order valence-electron chi connectivity index (χ2n) is 6.51. The van der Waals surface area contributed by atoms with E-state index >= 15 is 0 Å². The number of rotatable bonds is 6. The van der Waals surface area contributed by atoms with Crippen LogP contribution in [0, 0.1) is 0 Å². The molecule has 4 nitrogen and oxygen atoms in total. The zero-order valence-electron chi connectivity index (χ0n) is 13.5. The number of halogens is 1. The number of hydrogen-bond acceptors (Lipinski definition) is 3. The fourth-order valence-corrected chi connectivity index (χ4v) is 2.67. The number of alkyl halides is 1. The number of H-pyrrole nitrogens is 1. The molecule has 0 aliphatic carbocycles. The number of Topliss-reactive ketones (excluding diaryl/α,β-unsaturated/α-hetero) is 1. The third kappa shape index (κ3) is 3.67. The van der Waals surface area contributed by atoms with Crippen molar-refractivity contribution in [3.8, 4) is 0 Å². The Morgan fingerprint density at radius 3 is 2.52 bits per heavy atom. The van der Waals surface area contributed by atoms with Crippen molar-refractivity contribution >= 4 is 5.78 Å². The van der Waals surface area contributed by atoms with E-state index in [1.54, 1.807) is 0 Å². The lowest BCUT2D eigenvalue weighted by atomic mass is 9.95. The van der Waals surface area contributed by atoms with E-state index in [-0.39, 0.29) is 11.8 Å². The van der Waals surface area contributed by atoms with Crippen molar-refractivity contribution in [2.24, 2.45) is 0 Å². The maximum absolute atomic E-state index is 13.2. The van der Waals surface area contributed by atoms with E-state index in [9.17, 15) is 9.18 Å². The van der Waals surface area contributed by atoms with Crippen LogP contribution in [0.3, 0.4) is 0 Å². The highest BCUT2D eigenvalue weighted by atomic mass is 19.1. The van der Waals surface area contributed by atoms with Crippen LogP contribution in [0.1, 0.15) is 47.1 Å². The fraction of sp³-hybridized carbons (Fsp3) is 0.444. The highest BCUT2D eigenvalue weighted by molar-refractivity contribution is 5.95. The quantitative estimate of drug-likeness (QED) is 0.806. The van der Waals surface area contributed by atoms with Crippen molar-refractivity contribution in [2.75, 3.05) is 6.54 Å². The van der Waals surface area contributed by atoms with E-state index in [1.807, 2.05) is 30.3 Å². The lowest BCUT2D eigenvalue weighted by molar-refractivity contribution is 0.0988. The van der Waals surface area contributed by atoms with Gasteiger partial charge in [0.1, 0.15) is 11.9 Å². The molecule has 1 aliphatic rings. The summed E-state index contributed by atoms with van der Waals surface area (Å²) in [5, 5.41) is 10.1. The third-order valence-corrected chi connectivity index (χ3v) is 4.36. The summed E-state index contributed by atoms with van der Waals surface area (Å²) in [6.45, 7) is 4.57. The molecule has 3 rings (SSSR count). The van der Waals surface area contributed by atoms with Crippen LogP contribution in [0.15, 0.2) is 30.3 Å². The first-order chi connectivity index (χ1) is 11.0. The van der Waals surface area contributed by atoms with Crippen molar-refractivity contribution in [2.45, 2.75) is 44.8 Å². The molecule has 2 N–H and O–H groups in total. The third-order valence-electron chi connectivity index (χ3n) is 4.36. The first kappa shape index (κ1) is 15.9. The summed E-state index contributed by atoms with van der Waals surface area (Å²) < 4.78 is 13.2. The molecule has 2 heterocycles. The van der Waals surface area contributed by atoms with Gasteiger partial charge in [-0.2, -0.15) is 5.10 Å². The van der Waals surface area contributed by atoms with Gasteiger partial charge in [0.15, 0.2) is 5.78 Å². The summed E-state index contributed by atoms with van der Waals surface area (Å²) in [6.07, 6.45) is 0.272. The van der Waals surface area contributed by atoms with E-state index in [4.69, 9.17) is 0 Å². The second-order valence-corrected chi connectivity index (χ2v) is 6.51. The van der Waals surface area contributed by atoms with E-state index in [1.165, 1.54) is 0 Å². The number of nitrogens with one attached hydrogen (secondary N) is 2. The normalized spacial score (nSPS) is 20.5. The van der Waals surface area contributed by atoms with E-state index in [0.717, 1.165) is 16.8 Å². The zero-order valence-corrected chi connectivity index (χ0v) is 13.5.